The maximum absolute atomic E-state index is 13.5. The highest BCUT2D eigenvalue weighted by Crippen LogP contribution is 2.25. The summed E-state index contributed by atoms with van der Waals surface area (Å²) < 4.78 is 61.0. The van der Waals surface area contributed by atoms with Crippen LogP contribution in [0.5, 0.6) is 5.75 Å². The van der Waals surface area contributed by atoms with E-state index >= 15 is 0 Å². The Hall–Kier alpha value is -3.84. The molecule has 39 heavy (non-hydrogen) atoms. The maximum atomic E-state index is 13.5. The molecule has 0 saturated carbocycles. The summed E-state index contributed by atoms with van der Waals surface area (Å²) in [5.41, 5.74) is 3.03. The van der Waals surface area contributed by atoms with Gasteiger partial charge in [0.1, 0.15) is 18.4 Å². The molecule has 204 valence electrons. The third-order valence-corrected chi connectivity index (χ3v) is 9.77. The lowest BCUT2D eigenvalue weighted by Gasteiger charge is -2.38. The third kappa shape index (κ3) is 6.60. The van der Waals surface area contributed by atoms with Crippen molar-refractivity contribution < 1.29 is 26.4 Å². The largest absolute Gasteiger partial charge is 0.490 e. The molecule has 0 unspecified atom stereocenters. The van der Waals surface area contributed by atoms with E-state index in [1.54, 1.807) is 66.7 Å². The van der Waals surface area contributed by atoms with Crippen LogP contribution in [-0.2, 0) is 24.8 Å². The standard InChI is InChI=1S/C27H28N4O6S2/c1-2-19-37-23-15-13-22(14-16-23)20-28-29-27(32)26-21-30(38(33,34)24-9-5-3-6-10-24)17-18-31(26)39(35,36)25-11-7-4-8-12-25/h2-16,20,26H,1,17-19,21H2,(H,29,32)/b28-20-/t26-/m1/s1. The summed E-state index contributed by atoms with van der Waals surface area (Å²) in [7, 11) is -8.06. The van der Waals surface area contributed by atoms with E-state index < -0.39 is 32.0 Å². The summed E-state index contributed by atoms with van der Waals surface area (Å²) in [6.07, 6.45) is 3.02. The highest BCUT2D eigenvalue weighted by Gasteiger charge is 2.43. The van der Waals surface area contributed by atoms with Crippen LogP contribution in [0.4, 0.5) is 0 Å². The Balaban J connectivity index is 1.56. The third-order valence-electron chi connectivity index (χ3n) is 5.96. The molecule has 3 aromatic carbocycles. The van der Waals surface area contributed by atoms with Gasteiger partial charge in [-0.2, -0.15) is 13.7 Å². The molecule has 0 spiro atoms. The number of nitrogens with zero attached hydrogens (tertiary/aromatic N) is 3. The molecule has 0 radical (unpaired) electrons. The quantitative estimate of drug-likeness (QED) is 0.228. The summed E-state index contributed by atoms with van der Waals surface area (Å²) >= 11 is 0. The Labute approximate surface area is 228 Å². The van der Waals surface area contributed by atoms with E-state index in [1.807, 2.05) is 0 Å². The van der Waals surface area contributed by atoms with Gasteiger partial charge in [0.2, 0.25) is 20.0 Å². The number of hydrogen-bond acceptors (Lipinski definition) is 7. The van der Waals surface area contributed by atoms with Crippen molar-refractivity contribution in [1.29, 1.82) is 0 Å². The molecule has 1 atom stereocenters. The van der Waals surface area contributed by atoms with Crippen LogP contribution in [0.3, 0.4) is 0 Å². The molecule has 1 aliphatic rings. The second-order valence-corrected chi connectivity index (χ2v) is 12.4. The average Bonchev–Trinajstić information content (AvgIpc) is 2.97. The highest BCUT2D eigenvalue weighted by atomic mass is 32.2. The summed E-state index contributed by atoms with van der Waals surface area (Å²) in [6, 6.07) is 21.1. The lowest BCUT2D eigenvalue weighted by molar-refractivity contribution is -0.125. The summed E-state index contributed by atoms with van der Waals surface area (Å²) in [5, 5.41) is 3.97. The number of carbonyl (C=O) groups is 1. The van der Waals surface area contributed by atoms with E-state index in [0.717, 1.165) is 8.61 Å². The van der Waals surface area contributed by atoms with Gasteiger partial charge >= 0.3 is 0 Å². The number of sulfonamides is 2. The van der Waals surface area contributed by atoms with Gasteiger partial charge in [-0.1, -0.05) is 49.1 Å². The van der Waals surface area contributed by atoms with Crippen molar-refractivity contribution in [2.24, 2.45) is 5.10 Å². The van der Waals surface area contributed by atoms with Crippen LogP contribution in [0.2, 0.25) is 0 Å². The summed E-state index contributed by atoms with van der Waals surface area (Å²) in [6.45, 7) is 3.26. The van der Waals surface area contributed by atoms with Crippen LogP contribution in [0, 0.1) is 0 Å². The zero-order chi connectivity index (χ0) is 27.9. The maximum Gasteiger partial charge on any atom is 0.259 e. The first-order valence-corrected chi connectivity index (χ1v) is 14.9. The molecule has 1 heterocycles. The van der Waals surface area contributed by atoms with Crippen molar-refractivity contribution in [2.75, 3.05) is 26.2 Å². The van der Waals surface area contributed by atoms with Crippen molar-refractivity contribution in [3.63, 3.8) is 0 Å². The zero-order valence-corrected chi connectivity index (χ0v) is 22.6. The SMILES string of the molecule is C=CCOc1ccc(/C=N\NC(=O)[C@H]2CN(S(=O)(=O)c3ccccc3)CCN2S(=O)(=O)c2ccccc2)cc1. The topological polar surface area (TPSA) is 125 Å². The number of rotatable bonds is 10. The molecule has 1 aliphatic heterocycles. The second-order valence-electron chi connectivity index (χ2n) is 8.52. The first-order chi connectivity index (χ1) is 18.7. The van der Waals surface area contributed by atoms with E-state index in [-0.39, 0.29) is 29.4 Å². The zero-order valence-electron chi connectivity index (χ0n) is 21.0. The van der Waals surface area contributed by atoms with Gasteiger partial charge in [-0.3, -0.25) is 4.79 Å². The van der Waals surface area contributed by atoms with Gasteiger partial charge in [0, 0.05) is 19.6 Å². The number of carbonyl (C=O) groups excluding carboxylic acids is 1. The molecule has 0 aromatic heterocycles. The fourth-order valence-electron chi connectivity index (χ4n) is 3.98. The van der Waals surface area contributed by atoms with Crippen LogP contribution >= 0.6 is 0 Å². The van der Waals surface area contributed by atoms with Crippen LogP contribution < -0.4 is 10.2 Å². The minimum absolute atomic E-state index is 0.00410. The van der Waals surface area contributed by atoms with Gasteiger partial charge < -0.3 is 4.74 Å². The fraction of sp³-hybridized carbons (Fsp3) is 0.185. The fourth-order valence-corrected chi connectivity index (χ4v) is 7.03. The van der Waals surface area contributed by atoms with Crippen molar-refractivity contribution in [1.82, 2.24) is 14.0 Å². The molecule has 1 N–H and O–H groups in total. The lowest BCUT2D eigenvalue weighted by Crippen LogP contribution is -2.60. The minimum Gasteiger partial charge on any atom is -0.490 e. The molecule has 10 nitrogen and oxygen atoms in total. The Morgan fingerprint density at radius 1 is 0.897 bits per heavy atom. The summed E-state index contributed by atoms with van der Waals surface area (Å²) in [4.78, 5) is 13.3. The second kappa shape index (κ2) is 12.3. The molecular weight excluding hydrogens is 540 g/mol. The molecule has 1 fully saturated rings. The molecule has 4 rings (SSSR count). The van der Waals surface area contributed by atoms with Gasteiger partial charge in [0.25, 0.3) is 5.91 Å². The van der Waals surface area contributed by atoms with Crippen molar-refractivity contribution >= 4 is 32.2 Å². The van der Waals surface area contributed by atoms with Gasteiger partial charge in [-0.15, -0.1) is 0 Å². The predicted molar refractivity (Wildman–Crippen MR) is 147 cm³/mol. The Morgan fingerprint density at radius 2 is 1.49 bits per heavy atom. The molecule has 12 heteroatoms. The van der Waals surface area contributed by atoms with Crippen molar-refractivity contribution in [3.05, 3.63) is 103 Å². The number of benzene rings is 3. The predicted octanol–water partition coefficient (Wildman–Crippen LogP) is 2.47. The number of nitrogens with one attached hydrogen (secondary N) is 1. The molecule has 1 saturated heterocycles. The first-order valence-electron chi connectivity index (χ1n) is 12.0. The number of amides is 1. The molecule has 0 bridgehead atoms. The van der Waals surface area contributed by atoms with Gasteiger partial charge in [0.05, 0.1) is 16.0 Å². The van der Waals surface area contributed by atoms with Crippen molar-refractivity contribution in [3.8, 4) is 5.75 Å². The van der Waals surface area contributed by atoms with Crippen LogP contribution in [0.1, 0.15) is 5.56 Å². The normalized spacial score (nSPS) is 17.1. The van der Waals surface area contributed by atoms with E-state index in [1.165, 1.54) is 30.5 Å². The Kier molecular flexibility index (Phi) is 8.92. The van der Waals surface area contributed by atoms with Gasteiger partial charge in [0.15, 0.2) is 0 Å². The Morgan fingerprint density at radius 3 is 2.08 bits per heavy atom. The number of hydrazone groups is 1. The van der Waals surface area contributed by atoms with E-state index in [0.29, 0.717) is 17.9 Å². The van der Waals surface area contributed by atoms with Crippen LogP contribution in [0.15, 0.2) is 112 Å². The minimum atomic E-state index is -4.10. The molecule has 0 aliphatic carbocycles. The van der Waals surface area contributed by atoms with Crippen LogP contribution in [0.25, 0.3) is 0 Å². The smallest absolute Gasteiger partial charge is 0.259 e. The van der Waals surface area contributed by atoms with E-state index in [2.05, 4.69) is 17.1 Å². The van der Waals surface area contributed by atoms with Gasteiger partial charge in [-0.05, 0) is 54.1 Å². The summed E-state index contributed by atoms with van der Waals surface area (Å²) in [5.74, 6) is -0.121. The van der Waals surface area contributed by atoms with Crippen LogP contribution in [-0.4, -0.2) is 69.9 Å². The molecular formula is C27H28N4O6S2. The van der Waals surface area contributed by atoms with Crippen molar-refractivity contribution in [2.45, 2.75) is 15.8 Å². The number of piperazine rings is 1. The first kappa shape index (κ1) is 28.2. The monoisotopic (exact) mass is 568 g/mol. The highest BCUT2D eigenvalue weighted by molar-refractivity contribution is 7.89. The Bertz CT molecular complexity index is 1530. The molecule has 3 aromatic rings. The lowest BCUT2D eigenvalue weighted by atomic mass is 10.2. The number of ether oxygens (including phenoxy) is 1. The number of hydrogen-bond donors (Lipinski definition) is 1. The molecule has 1 amide bonds. The van der Waals surface area contributed by atoms with E-state index in [9.17, 15) is 21.6 Å². The van der Waals surface area contributed by atoms with Gasteiger partial charge in [-0.25, -0.2) is 22.3 Å². The van der Waals surface area contributed by atoms with E-state index in [4.69, 9.17) is 4.74 Å². The average molecular weight is 569 g/mol.